The summed E-state index contributed by atoms with van der Waals surface area (Å²) in [4.78, 5) is 22.4. The Bertz CT molecular complexity index is 512. The van der Waals surface area contributed by atoms with E-state index in [1.165, 1.54) is 25.3 Å². The molecule has 0 unspecified atom stereocenters. The van der Waals surface area contributed by atoms with Crippen molar-refractivity contribution in [3.05, 3.63) is 33.9 Å². The Hall–Kier alpha value is -2.11. The monoisotopic (exact) mass is 277 g/mol. The molecule has 1 aromatic rings. The van der Waals surface area contributed by atoms with E-state index >= 15 is 0 Å². The molecule has 6 heteroatoms. The molecule has 2 rings (SSSR count). The summed E-state index contributed by atoms with van der Waals surface area (Å²) in [5.41, 5.74) is 0.643. The van der Waals surface area contributed by atoms with Crippen LogP contribution in [-0.4, -0.2) is 24.4 Å². The molecule has 0 aliphatic heterocycles. The molecule has 108 valence electrons. The van der Waals surface area contributed by atoms with Gasteiger partial charge < -0.3 is 10.6 Å². The molecule has 1 fully saturated rings. The molecule has 2 N–H and O–H groups in total. The van der Waals surface area contributed by atoms with E-state index in [1.807, 2.05) is 0 Å². The second-order valence-corrected chi connectivity index (χ2v) is 5.08. The topological polar surface area (TPSA) is 84.3 Å². The van der Waals surface area contributed by atoms with Crippen molar-refractivity contribution in [2.45, 2.75) is 25.7 Å². The van der Waals surface area contributed by atoms with Crippen LogP contribution in [0.25, 0.3) is 0 Å². The highest BCUT2D eigenvalue weighted by molar-refractivity contribution is 5.95. The summed E-state index contributed by atoms with van der Waals surface area (Å²) in [7, 11) is 1.61. The highest BCUT2D eigenvalue weighted by Crippen LogP contribution is 2.29. The third-order valence-electron chi connectivity index (χ3n) is 3.79. The van der Waals surface area contributed by atoms with Crippen LogP contribution in [-0.2, 0) is 0 Å². The molecule has 1 amide bonds. The van der Waals surface area contributed by atoms with Crippen LogP contribution in [0.3, 0.4) is 0 Å². The molecule has 0 saturated heterocycles. The van der Waals surface area contributed by atoms with Gasteiger partial charge in [0.25, 0.3) is 11.6 Å². The van der Waals surface area contributed by atoms with Crippen LogP contribution in [0.4, 0.5) is 11.4 Å². The minimum atomic E-state index is -0.489. The molecule has 1 aliphatic carbocycles. The van der Waals surface area contributed by atoms with Crippen molar-refractivity contribution < 1.29 is 9.72 Å². The molecule has 1 aliphatic rings. The first-order chi connectivity index (χ1) is 9.61. The average molecular weight is 277 g/mol. The van der Waals surface area contributed by atoms with Gasteiger partial charge in [0.15, 0.2) is 0 Å². The van der Waals surface area contributed by atoms with Gasteiger partial charge >= 0.3 is 0 Å². The van der Waals surface area contributed by atoms with Crippen LogP contribution >= 0.6 is 0 Å². The third-order valence-corrected chi connectivity index (χ3v) is 3.79. The molecule has 0 radical (unpaired) electrons. The van der Waals surface area contributed by atoms with Gasteiger partial charge in [-0.25, -0.2) is 0 Å². The van der Waals surface area contributed by atoms with Crippen molar-refractivity contribution in [2.75, 3.05) is 18.9 Å². The predicted molar refractivity (Wildman–Crippen MR) is 76.9 cm³/mol. The minimum Gasteiger partial charge on any atom is -0.383 e. The summed E-state index contributed by atoms with van der Waals surface area (Å²) in [6.07, 6.45) is 4.77. The first kappa shape index (κ1) is 14.3. The Kier molecular flexibility index (Phi) is 4.55. The zero-order valence-corrected chi connectivity index (χ0v) is 11.5. The Morgan fingerprint density at radius 2 is 2.20 bits per heavy atom. The van der Waals surface area contributed by atoms with E-state index in [9.17, 15) is 14.9 Å². The normalized spacial score (nSPS) is 14.4. The first-order valence-corrected chi connectivity index (χ1v) is 6.86. The van der Waals surface area contributed by atoms with E-state index in [2.05, 4.69) is 10.6 Å². The molecule has 0 spiro atoms. The molecular weight excluding hydrogens is 258 g/mol. The van der Waals surface area contributed by atoms with E-state index in [4.69, 9.17) is 0 Å². The number of hydrogen-bond acceptors (Lipinski definition) is 4. The van der Waals surface area contributed by atoms with Gasteiger partial charge in [0.05, 0.1) is 4.92 Å². The van der Waals surface area contributed by atoms with Crippen LogP contribution < -0.4 is 10.6 Å². The van der Waals surface area contributed by atoms with E-state index in [-0.39, 0.29) is 11.6 Å². The lowest BCUT2D eigenvalue weighted by atomic mass is 9.83. The summed E-state index contributed by atoms with van der Waals surface area (Å²) in [5.74, 6) is 0.478. The van der Waals surface area contributed by atoms with Crippen LogP contribution in [0.15, 0.2) is 18.2 Å². The predicted octanol–water partition coefficient (Wildman–Crippen LogP) is 2.56. The molecule has 1 aromatic carbocycles. The zero-order chi connectivity index (χ0) is 14.5. The number of hydrogen-bond donors (Lipinski definition) is 2. The Morgan fingerprint density at radius 3 is 2.75 bits per heavy atom. The number of anilines is 1. The van der Waals surface area contributed by atoms with Crippen molar-refractivity contribution in [3.63, 3.8) is 0 Å². The van der Waals surface area contributed by atoms with Gasteiger partial charge in [-0.1, -0.05) is 19.3 Å². The Labute approximate surface area is 117 Å². The average Bonchev–Trinajstić information content (AvgIpc) is 2.40. The number of nitro benzene ring substituents is 1. The van der Waals surface area contributed by atoms with Gasteiger partial charge in [0.2, 0.25) is 0 Å². The maximum Gasteiger partial charge on any atom is 0.293 e. The van der Waals surface area contributed by atoms with Gasteiger partial charge in [-0.3, -0.25) is 14.9 Å². The first-order valence-electron chi connectivity index (χ1n) is 6.86. The van der Waals surface area contributed by atoms with E-state index < -0.39 is 4.92 Å². The lowest BCUT2D eigenvalue weighted by molar-refractivity contribution is -0.384. The number of carbonyl (C=O) groups excluding carboxylic acids is 1. The fourth-order valence-electron chi connectivity index (χ4n) is 2.31. The van der Waals surface area contributed by atoms with Gasteiger partial charge in [-0.05, 0) is 24.5 Å². The van der Waals surface area contributed by atoms with E-state index in [0.717, 1.165) is 12.3 Å². The van der Waals surface area contributed by atoms with Crippen molar-refractivity contribution in [2.24, 2.45) is 5.92 Å². The molecular formula is C14H19N3O3. The minimum absolute atomic E-state index is 0.0841. The fourth-order valence-corrected chi connectivity index (χ4v) is 2.31. The highest BCUT2D eigenvalue weighted by atomic mass is 16.6. The molecule has 0 aromatic heterocycles. The maximum absolute atomic E-state index is 12.0. The van der Waals surface area contributed by atoms with Crippen molar-refractivity contribution >= 4 is 17.3 Å². The second-order valence-electron chi connectivity index (χ2n) is 5.08. The Morgan fingerprint density at radius 1 is 1.45 bits per heavy atom. The number of amides is 1. The standard InChI is InChI=1S/C14H19N3O3/c1-15-12-6-5-11(9-13(12)17(19)20)14(18)16-8-7-10-3-2-4-10/h5-6,9-10,15H,2-4,7-8H2,1H3,(H,16,18). The van der Waals surface area contributed by atoms with Crippen molar-refractivity contribution in [1.29, 1.82) is 0 Å². The molecule has 6 nitrogen and oxygen atoms in total. The summed E-state index contributed by atoms with van der Waals surface area (Å²) >= 11 is 0. The second kappa shape index (κ2) is 6.36. The van der Waals surface area contributed by atoms with Crippen molar-refractivity contribution in [1.82, 2.24) is 5.32 Å². The highest BCUT2D eigenvalue weighted by Gasteiger charge is 2.19. The quantitative estimate of drug-likeness (QED) is 0.618. The zero-order valence-electron chi connectivity index (χ0n) is 11.5. The van der Waals surface area contributed by atoms with Gasteiger partial charge in [0.1, 0.15) is 5.69 Å². The van der Waals surface area contributed by atoms with Crippen LogP contribution in [0.2, 0.25) is 0 Å². The fraction of sp³-hybridized carbons (Fsp3) is 0.500. The summed E-state index contributed by atoms with van der Waals surface area (Å²) in [6.45, 7) is 0.630. The van der Waals surface area contributed by atoms with Crippen LogP contribution in [0, 0.1) is 16.0 Å². The number of nitro groups is 1. The molecule has 0 atom stereocenters. The SMILES string of the molecule is CNc1ccc(C(=O)NCCC2CCC2)cc1[N+](=O)[O-]. The summed E-state index contributed by atoms with van der Waals surface area (Å²) in [5, 5.41) is 16.5. The Balaban J connectivity index is 1.97. The van der Waals surface area contributed by atoms with Crippen LogP contribution in [0.5, 0.6) is 0 Å². The maximum atomic E-state index is 12.0. The van der Waals surface area contributed by atoms with Gasteiger partial charge in [0, 0.05) is 25.2 Å². The lowest BCUT2D eigenvalue weighted by Gasteiger charge is -2.25. The molecule has 0 heterocycles. The molecule has 0 bridgehead atoms. The van der Waals surface area contributed by atoms with E-state index in [0.29, 0.717) is 17.8 Å². The van der Waals surface area contributed by atoms with Crippen molar-refractivity contribution in [3.8, 4) is 0 Å². The number of nitrogens with one attached hydrogen (secondary N) is 2. The lowest BCUT2D eigenvalue weighted by Crippen LogP contribution is -2.27. The van der Waals surface area contributed by atoms with Gasteiger partial charge in [-0.2, -0.15) is 0 Å². The largest absolute Gasteiger partial charge is 0.383 e. The number of carbonyl (C=O) groups is 1. The molecule has 1 saturated carbocycles. The molecule has 20 heavy (non-hydrogen) atoms. The smallest absolute Gasteiger partial charge is 0.293 e. The van der Waals surface area contributed by atoms with Gasteiger partial charge in [-0.15, -0.1) is 0 Å². The number of benzene rings is 1. The number of nitrogens with zero attached hydrogens (tertiary/aromatic N) is 1. The summed E-state index contributed by atoms with van der Waals surface area (Å²) in [6, 6.07) is 4.46. The van der Waals surface area contributed by atoms with Crippen LogP contribution in [0.1, 0.15) is 36.0 Å². The van der Waals surface area contributed by atoms with E-state index in [1.54, 1.807) is 19.2 Å². The third kappa shape index (κ3) is 3.26. The number of rotatable bonds is 6. The summed E-state index contributed by atoms with van der Waals surface area (Å²) < 4.78 is 0.